The second-order valence-electron chi connectivity index (χ2n) is 5.20. The van der Waals surface area contributed by atoms with Crippen molar-refractivity contribution in [3.63, 3.8) is 0 Å². The Kier molecular flexibility index (Phi) is 3.84. The van der Waals surface area contributed by atoms with E-state index in [1.165, 1.54) is 11.1 Å². The molecule has 3 heteroatoms. The van der Waals surface area contributed by atoms with Crippen molar-refractivity contribution in [2.75, 3.05) is 12.4 Å². The van der Waals surface area contributed by atoms with Crippen LogP contribution in [0.5, 0.6) is 0 Å². The summed E-state index contributed by atoms with van der Waals surface area (Å²) in [6.45, 7) is 8.47. The Balaban J connectivity index is 2.54. The van der Waals surface area contributed by atoms with Gasteiger partial charge in [0, 0.05) is 24.6 Å². The van der Waals surface area contributed by atoms with Crippen LogP contribution < -0.4 is 5.32 Å². The first-order valence-corrected chi connectivity index (χ1v) is 6.65. The number of aryl methyl sites for hydroxylation is 2. The van der Waals surface area contributed by atoms with Gasteiger partial charge in [-0.3, -0.25) is 0 Å². The van der Waals surface area contributed by atoms with Crippen LogP contribution in [0.1, 0.15) is 36.7 Å². The number of hydrogen-bond acceptors (Lipinski definition) is 3. The van der Waals surface area contributed by atoms with Gasteiger partial charge in [0.1, 0.15) is 11.6 Å². The molecule has 2 aromatic rings. The van der Waals surface area contributed by atoms with Crippen LogP contribution in [-0.2, 0) is 0 Å². The summed E-state index contributed by atoms with van der Waals surface area (Å²) in [5.74, 6) is 2.06. The highest BCUT2D eigenvalue weighted by Crippen LogP contribution is 2.24. The van der Waals surface area contributed by atoms with Crippen LogP contribution in [0.3, 0.4) is 0 Å². The largest absolute Gasteiger partial charge is 0.373 e. The van der Waals surface area contributed by atoms with Crippen LogP contribution in [0.15, 0.2) is 24.3 Å². The third kappa shape index (κ3) is 2.92. The van der Waals surface area contributed by atoms with Gasteiger partial charge in [0.15, 0.2) is 0 Å². The lowest BCUT2D eigenvalue weighted by Crippen LogP contribution is -2.03. The molecular weight excluding hydrogens is 234 g/mol. The van der Waals surface area contributed by atoms with E-state index in [1.54, 1.807) is 0 Å². The molecule has 2 rings (SSSR count). The smallest absolute Gasteiger partial charge is 0.133 e. The fourth-order valence-corrected chi connectivity index (χ4v) is 1.90. The Morgan fingerprint density at radius 3 is 2.32 bits per heavy atom. The minimum Gasteiger partial charge on any atom is -0.373 e. The second kappa shape index (κ2) is 5.39. The van der Waals surface area contributed by atoms with Crippen molar-refractivity contribution in [2.45, 2.75) is 33.6 Å². The minimum absolute atomic E-state index is 0.318. The number of nitrogens with one attached hydrogen (secondary N) is 1. The summed E-state index contributed by atoms with van der Waals surface area (Å²) < 4.78 is 0. The normalized spacial score (nSPS) is 10.8. The Hall–Kier alpha value is -1.90. The van der Waals surface area contributed by atoms with E-state index >= 15 is 0 Å². The number of hydrogen-bond donors (Lipinski definition) is 1. The van der Waals surface area contributed by atoms with Crippen LogP contribution >= 0.6 is 0 Å². The summed E-state index contributed by atoms with van der Waals surface area (Å²) in [5.41, 5.74) is 4.71. The van der Waals surface area contributed by atoms with E-state index in [9.17, 15) is 0 Å². The van der Waals surface area contributed by atoms with Gasteiger partial charge in [0.25, 0.3) is 0 Å². The zero-order chi connectivity index (χ0) is 14.0. The molecule has 100 valence electrons. The lowest BCUT2D eigenvalue weighted by Gasteiger charge is -2.11. The maximum Gasteiger partial charge on any atom is 0.133 e. The molecule has 0 bridgehead atoms. The lowest BCUT2D eigenvalue weighted by atomic mass is 10.0. The summed E-state index contributed by atoms with van der Waals surface area (Å²) in [5, 5.41) is 3.11. The van der Waals surface area contributed by atoms with Gasteiger partial charge in [-0.05, 0) is 31.0 Å². The standard InChI is InChI=1S/C16H21N3/c1-10(2)16-18-14(9-15(17-5)19-16)13-7-6-11(3)12(4)8-13/h6-10H,1-5H3,(H,17,18,19). The lowest BCUT2D eigenvalue weighted by molar-refractivity contribution is 0.777. The van der Waals surface area contributed by atoms with Crippen molar-refractivity contribution < 1.29 is 0 Å². The third-order valence-electron chi connectivity index (χ3n) is 3.32. The van der Waals surface area contributed by atoms with E-state index in [0.29, 0.717) is 5.92 Å². The highest BCUT2D eigenvalue weighted by Gasteiger charge is 2.09. The fraction of sp³-hybridized carbons (Fsp3) is 0.375. The number of nitrogens with zero attached hydrogens (tertiary/aromatic N) is 2. The third-order valence-corrected chi connectivity index (χ3v) is 3.32. The maximum absolute atomic E-state index is 4.67. The average Bonchev–Trinajstić information content (AvgIpc) is 2.41. The Labute approximate surface area is 115 Å². The van der Waals surface area contributed by atoms with Crippen molar-refractivity contribution in [1.29, 1.82) is 0 Å². The van der Waals surface area contributed by atoms with Gasteiger partial charge in [0.05, 0.1) is 5.69 Å². The van der Waals surface area contributed by atoms with Crippen molar-refractivity contribution in [1.82, 2.24) is 9.97 Å². The summed E-state index contributed by atoms with van der Waals surface area (Å²) in [7, 11) is 1.89. The van der Waals surface area contributed by atoms with Gasteiger partial charge in [-0.2, -0.15) is 0 Å². The number of rotatable bonds is 3. The van der Waals surface area contributed by atoms with E-state index < -0.39 is 0 Å². The van der Waals surface area contributed by atoms with Crippen LogP contribution in [0.25, 0.3) is 11.3 Å². The minimum atomic E-state index is 0.318. The molecule has 0 fully saturated rings. The zero-order valence-electron chi connectivity index (χ0n) is 12.3. The van der Waals surface area contributed by atoms with Crippen molar-refractivity contribution in [3.05, 3.63) is 41.2 Å². The molecule has 19 heavy (non-hydrogen) atoms. The van der Waals surface area contributed by atoms with Crippen LogP contribution in [-0.4, -0.2) is 17.0 Å². The monoisotopic (exact) mass is 255 g/mol. The molecule has 0 spiro atoms. The van der Waals surface area contributed by atoms with E-state index in [0.717, 1.165) is 22.9 Å². The van der Waals surface area contributed by atoms with Gasteiger partial charge in [-0.15, -0.1) is 0 Å². The van der Waals surface area contributed by atoms with Crippen molar-refractivity contribution in [3.8, 4) is 11.3 Å². The number of anilines is 1. The van der Waals surface area contributed by atoms with Crippen LogP contribution in [0.2, 0.25) is 0 Å². The Morgan fingerprint density at radius 2 is 1.74 bits per heavy atom. The first-order chi connectivity index (χ1) is 9.01. The van der Waals surface area contributed by atoms with Crippen LogP contribution in [0.4, 0.5) is 5.82 Å². The summed E-state index contributed by atoms with van der Waals surface area (Å²) in [6.07, 6.45) is 0. The second-order valence-corrected chi connectivity index (χ2v) is 5.20. The molecule has 0 saturated carbocycles. The van der Waals surface area contributed by atoms with Crippen molar-refractivity contribution >= 4 is 5.82 Å². The fourth-order valence-electron chi connectivity index (χ4n) is 1.90. The zero-order valence-corrected chi connectivity index (χ0v) is 12.3. The molecule has 0 atom stereocenters. The molecule has 0 radical (unpaired) electrons. The molecule has 0 aliphatic heterocycles. The molecule has 1 aromatic heterocycles. The first-order valence-electron chi connectivity index (χ1n) is 6.65. The number of aromatic nitrogens is 2. The quantitative estimate of drug-likeness (QED) is 0.903. The van der Waals surface area contributed by atoms with Gasteiger partial charge < -0.3 is 5.32 Å². The number of benzene rings is 1. The molecule has 0 amide bonds. The summed E-state index contributed by atoms with van der Waals surface area (Å²) in [4.78, 5) is 9.17. The molecule has 0 unspecified atom stereocenters. The van der Waals surface area contributed by atoms with Crippen molar-refractivity contribution in [2.24, 2.45) is 0 Å². The van der Waals surface area contributed by atoms with Gasteiger partial charge in [-0.25, -0.2) is 9.97 Å². The first kappa shape index (κ1) is 13.5. The van der Waals surface area contributed by atoms with Crippen LogP contribution in [0, 0.1) is 13.8 Å². The van der Waals surface area contributed by atoms with Gasteiger partial charge in [0.2, 0.25) is 0 Å². The molecule has 1 heterocycles. The Bertz CT molecular complexity index is 589. The SMILES string of the molecule is CNc1cc(-c2ccc(C)c(C)c2)nc(C(C)C)n1. The van der Waals surface area contributed by atoms with E-state index in [1.807, 2.05) is 13.1 Å². The highest BCUT2D eigenvalue weighted by molar-refractivity contribution is 5.64. The highest BCUT2D eigenvalue weighted by atomic mass is 15.0. The summed E-state index contributed by atoms with van der Waals surface area (Å²) >= 11 is 0. The molecule has 1 aromatic carbocycles. The van der Waals surface area contributed by atoms with Gasteiger partial charge in [-0.1, -0.05) is 26.0 Å². The molecule has 1 N–H and O–H groups in total. The van der Waals surface area contributed by atoms with Gasteiger partial charge >= 0.3 is 0 Å². The maximum atomic E-state index is 4.67. The molecule has 0 aliphatic carbocycles. The van der Waals surface area contributed by atoms with E-state index in [2.05, 4.69) is 61.2 Å². The predicted octanol–water partition coefficient (Wildman–Crippen LogP) is 3.93. The molecular formula is C16H21N3. The average molecular weight is 255 g/mol. The van der Waals surface area contributed by atoms with E-state index in [4.69, 9.17) is 0 Å². The Morgan fingerprint density at radius 1 is 1.00 bits per heavy atom. The summed E-state index contributed by atoms with van der Waals surface area (Å²) in [6, 6.07) is 8.44. The topological polar surface area (TPSA) is 37.8 Å². The molecule has 0 aliphatic rings. The molecule has 0 saturated heterocycles. The predicted molar refractivity (Wildman–Crippen MR) is 80.6 cm³/mol. The molecule has 3 nitrogen and oxygen atoms in total. The van der Waals surface area contributed by atoms with E-state index in [-0.39, 0.29) is 0 Å².